The molecule has 2 aromatic rings. The van der Waals surface area contributed by atoms with Crippen molar-refractivity contribution in [3.63, 3.8) is 0 Å². The lowest BCUT2D eigenvalue weighted by molar-refractivity contribution is -0.120. The van der Waals surface area contributed by atoms with Gasteiger partial charge in [0.15, 0.2) is 0 Å². The Hall–Kier alpha value is -3.40. The summed E-state index contributed by atoms with van der Waals surface area (Å²) < 4.78 is 11.2. The van der Waals surface area contributed by atoms with E-state index in [0.717, 1.165) is 55.3 Å². The highest BCUT2D eigenvalue weighted by atomic mass is 16.5. The third-order valence-electron chi connectivity index (χ3n) is 5.27. The van der Waals surface area contributed by atoms with Gasteiger partial charge >= 0.3 is 0 Å². The number of aromatic nitrogens is 1. The number of morpholine rings is 1. The van der Waals surface area contributed by atoms with Crippen LogP contribution in [0.15, 0.2) is 66.4 Å². The number of allylic oxidation sites excluding steroid dienone is 2. The Labute approximate surface area is 196 Å². The number of ether oxygens (including phenoxy) is 2. The van der Waals surface area contributed by atoms with Crippen molar-refractivity contribution in [2.45, 2.75) is 13.3 Å². The first-order valence-corrected chi connectivity index (χ1v) is 11.2. The number of hydrogen-bond acceptors (Lipinski definition) is 5. The fourth-order valence-corrected chi connectivity index (χ4v) is 3.47. The molecule has 0 atom stereocenters. The lowest BCUT2D eigenvalue weighted by Crippen LogP contribution is -2.38. The molecule has 0 saturated carbocycles. The third kappa shape index (κ3) is 8.23. The van der Waals surface area contributed by atoms with Gasteiger partial charge in [-0.2, -0.15) is 0 Å². The molecule has 172 valence electrons. The van der Waals surface area contributed by atoms with E-state index in [2.05, 4.69) is 21.1 Å². The molecule has 3 rings (SSSR count). The van der Waals surface area contributed by atoms with Gasteiger partial charge in [-0.15, -0.1) is 6.42 Å². The first-order chi connectivity index (χ1) is 16.2. The molecule has 0 unspecified atom stereocenters. The number of carbonyl (C=O) groups is 1. The first-order valence-electron chi connectivity index (χ1n) is 11.2. The predicted molar refractivity (Wildman–Crippen MR) is 131 cm³/mol. The van der Waals surface area contributed by atoms with Crippen molar-refractivity contribution in [3.8, 4) is 29.2 Å². The Balaban J connectivity index is 1.46. The zero-order chi connectivity index (χ0) is 23.3. The number of benzene rings is 1. The topological polar surface area (TPSA) is 63.7 Å². The molecular formula is C27H31N3O3. The van der Waals surface area contributed by atoms with Crippen LogP contribution >= 0.6 is 0 Å². The van der Waals surface area contributed by atoms with Crippen LogP contribution in [0.2, 0.25) is 0 Å². The monoisotopic (exact) mass is 445 g/mol. The fourth-order valence-electron chi connectivity index (χ4n) is 3.47. The Morgan fingerprint density at radius 3 is 2.64 bits per heavy atom. The van der Waals surface area contributed by atoms with Crippen LogP contribution in [0.5, 0.6) is 5.75 Å². The lowest BCUT2D eigenvalue weighted by atomic mass is 10.1. The molecule has 6 nitrogen and oxygen atoms in total. The molecular weight excluding hydrogens is 414 g/mol. The molecule has 1 aromatic carbocycles. The molecule has 1 saturated heterocycles. The molecule has 6 heteroatoms. The van der Waals surface area contributed by atoms with Gasteiger partial charge in [0, 0.05) is 43.6 Å². The van der Waals surface area contributed by atoms with Crippen LogP contribution in [0.4, 0.5) is 0 Å². The van der Waals surface area contributed by atoms with Gasteiger partial charge in [0.1, 0.15) is 12.4 Å². The number of terminal acetylenes is 1. The number of hydrogen-bond donors (Lipinski definition) is 1. The van der Waals surface area contributed by atoms with Crippen molar-refractivity contribution in [3.05, 3.63) is 72.1 Å². The van der Waals surface area contributed by atoms with Crippen LogP contribution in [0.1, 0.15) is 12.6 Å². The van der Waals surface area contributed by atoms with E-state index in [4.69, 9.17) is 15.9 Å². The number of nitrogens with zero attached hydrogens (tertiary/aromatic N) is 2. The van der Waals surface area contributed by atoms with Gasteiger partial charge in [0.05, 0.1) is 19.6 Å². The van der Waals surface area contributed by atoms with Crippen molar-refractivity contribution in [2.75, 3.05) is 46.0 Å². The minimum Gasteiger partial charge on any atom is -0.492 e. The highest BCUT2D eigenvalue weighted by molar-refractivity contribution is 5.78. The molecule has 1 N–H and O–H groups in total. The molecule has 1 aromatic heterocycles. The van der Waals surface area contributed by atoms with Gasteiger partial charge in [-0.25, -0.2) is 0 Å². The van der Waals surface area contributed by atoms with E-state index in [9.17, 15) is 4.79 Å². The summed E-state index contributed by atoms with van der Waals surface area (Å²) in [5.41, 5.74) is 3.64. The number of rotatable bonds is 10. The van der Waals surface area contributed by atoms with E-state index in [1.807, 2.05) is 55.5 Å². The molecule has 0 bridgehead atoms. The molecule has 0 aliphatic carbocycles. The van der Waals surface area contributed by atoms with Crippen molar-refractivity contribution < 1.29 is 14.3 Å². The minimum absolute atomic E-state index is 0.0961. The maximum absolute atomic E-state index is 12.2. The van der Waals surface area contributed by atoms with E-state index in [-0.39, 0.29) is 12.3 Å². The van der Waals surface area contributed by atoms with Gasteiger partial charge in [-0.3, -0.25) is 14.7 Å². The Kier molecular flexibility index (Phi) is 9.71. The van der Waals surface area contributed by atoms with E-state index in [0.29, 0.717) is 18.8 Å². The normalized spacial score (nSPS) is 14.7. The fraction of sp³-hybridized carbons (Fsp3) is 0.333. The van der Waals surface area contributed by atoms with Crippen LogP contribution in [-0.2, 0) is 16.0 Å². The average Bonchev–Trinajstić information content (AvgIpc) is 2.84. The summed E-state index contributed by atoms with van der Waals surface area (Å²) in [6.45, 7) is 7.39. The summed E-state index contributed by atoms with van der Waals surface area (Å²) in [6.07, 6.45) is 12.7. The summed E-state index contributed by atoms with van der Waals surface area (Å²) >= 11 is 0. The number of carbonyl (C=O) groups excluding carboxylic acids is 1. The second-order valence-electron chi connectivity index (χ2n) is 7.70. The van der Waals surface area contributed by atoms with Crippen LogP contribution < -0.4 is 10.1 Å². The molecule has 1 aliphatic rings. The Bertz CT molecular complexity index is 983. The van der Waals surface area contributed by atoms with E-state index in [1.165, 1.54) is 0 Å². The van der Waals surface area contributed by atoms with Crippen LogP contribution in [-0.4, -0.2) is 61.8 Å². The van der Waals surface area contributed by atoms with Gasteiger partial charge in [0.25, 0.3) is 0 Å². The SMILES string of the molecule is C#C/C=C(\C=C/C)CNC(=O)Cc1ccc(-c2ccc(OCCN3CCOCC3)cc2)cn1. The zero-order valence-corrected chi connectivity index (χ0v) is 19.1. The molecule has 1 fully saturated rings. The van der Waals surface area contributed by atoms with Gasteiger partial charge in [-0.05, 0) is 42.3 Å². The number of amides is 1. The quantitative estimate of drug-likeness (QED) is 0.449. The summed E-state index contributed by atoms with van der Waals surface area (Å²) in [5, 5.41) is 2.87. The number of nitrogens with one attached hydrogen (secondary N) is 1. The lowest BCUT2D eigenvalue weighted by Gasteiger charge is -2.26. The van der Waals surface area contributed by atoms with Crippen molar-refractivity contribution in [2.24, 2.45) is 0 Å². The second-order valence-corrected chi connectivity index (χ2v) is 7.70. The highest BCUT2D eigenvalue weighted by Crippen LogP contribution is 2.22. The molecule has 0 spiro atoms. The molecule has 2 heterocycles. The smallest absolute Gasteiger partial charge is 0.226 e. The molecule has 33 heavy (non-hydrogen) atoms. The van der Waals surface area contributed by atoms with E-state index < -0.39 is 0 Å². The predicted octanol–water partition coefficient (Wildman–Crippen LogP) is 3.25. The van der Waals surface area contributed by atoms with Crippen LogP contribution in [0.3, 0.4) is 0 Å². The zero-order valence-electron chi connectivity index (χ0n) is 19.1. The van der Waals surface area contributed by atoms with Crippen molar-refractivity contribution in [1.82, 2.24) is 15.2 Å². The molecule has 1 amide bonds. The van der Waals surface area contributed by atoms with E-state index in [1.54, 1.807) is 12.3 Å². The Morgan fingerprint density at radius 1 is 1.21 bits per heavy atom. The van der Waals surface area contributed by atoms with Crippen LogP contribution in [0, 0.1) is 12.3 Å². The highest BCUT2D eigenvalue weighted by Gasteiger charge is 2.10. The second kappa shape index (κ2) is 13.2. The third-order valence-corrected chi connectivity index (χ3v) is 5.27. The summed E-state index contributed by atoms with van der Waals surface area (Å²) in [7, 11) is 0. The average molecular weight is 446 g/mol. The molecule has 0 radical (unpaired) electrons. The van der Waals surface area contributed by atoms with Gasteiger partial charge in [0.2, 0.25) is 5.91 Å². The summed E-state index contributed by atoms with van der Waals surface area (Å²) in [4.78, 5) is 19.0. The molecule has 1 aliphatic heterocycles. The maximum Gasteiger partial charge on any atom is 0.226 e. The minimum atomic E-state index is -0.0961. The van der Waals surface area contributed by atoms with Crippen molar-refractivity contribution in [1.29, 1.82) is 0 Å². The first kappa shape index (κ1) is 24.2. The van der Waals surface area contributed by atoms with Crippen molar-refractivity contribution >= 4 is 5.91 Å². The summed E-state index contributed by atoms with van der Waals surface area (Å²) in [5.74, 6) is 3.24. The van der Waals surface area contributed by atoms with Crippen LogP contribution in [0.25, 0.3) is 11.1 Å². The largest absolute Gasteiger partial charge is 0.492 e. The van der Waals surface area contributed by atoms with Gasteiger partial charge < -0.3 is 14.8 Å². The van der Waals surface area contributed by atoms with E-state index >= 15 is 0 Å². The Morgan fingerprint density at radius 2 is 1.97 bits per heavy atom. The standard InChI is InChI=1S/C27H31N3O3/c1-3-5-22(6-4-2)20-29-27(31)19-25-10-7-24(21-28-25)23-8-11-26(12-9-23)33-18-15-30-13-16-32-17-14-30/h1,4-12,21H,13-20H2,2H3,(H,29,31)/b6-4-,22-5+. The summed E-state index contributed by atoms with van der Waals surface area (Å²) in [6, 6.07) is 11.9. The van der Waals surface area contributed by atoms with Gasteiger partial charge in [-0.1, -0.05) is 36.3 Å². The number of pyridine rings is 1. The maximum atomic E-state index is 12.2.